The van der Waals surface area contributed by atoms with Crippen molar-refractivity contribution in [1.82, 2.24) is 4.90 Å². The minimum atomic E-state index is 0.0875. The summed E-state index contributed by atoms with van der Waals surface area (Å²) in [4.78, 5) is 14.6. The van der Waals surface area contributed by atoms with E-state index in [9.17, 15) is 9.90 Å². The van der Waals surface area contributed by atoms with Gasteiger partial charge in [-0.2, -0.15) is 0 Å². The molecule has 0 heterocycles. The van der Waals surface area contributed by atoms with Gasteiger partial charge in [0, 0.05) is 13.1 Å². The lowest BCUT2D eigenvalue weighted by atomic mass is 9.87. The first-order valence-electron chi connectivity index (χ1n) is 8.79. The van der Waals surface area contributed by atoms with E-state index in [1.807, 2.05) is 42.3 Å². The predicted octanol–water partition coefficient (Wildman–Crippen LogP) is 2.97. The van der Waals surface area contributed by atoms with Crippen molar-refractivity contribution in [3.05, 3.63) is 53.1 Å². The first-order chi connectivity index (χ1) is 12.5. The number of aromatic hydroxyl groups is 1. The third-order valence-corrected chi connectivity index (χ3v) is 5.14. The Morgan fingerprint density at radius 3 is 2.62 bits per heavy atom. The van der Waals surface area contributed by atoms with Crippen molar-refractivity contribution >= 4 is 5.91 Å². The Morgan fingerprint density at radius 2 is 1.88 bits per heavy atom. The van der Waals surface area contributed by atoms with Gasteiger partial charge in [-0.15, -0.1) is 0 Å². The zero-order valence-corrected chi connectivity index (χ0v) is 15.5. The van der Waals surface area contributed by atoms with E-state index in [1.54, 1.807) is 20.3 Å². The number of aryl methyl sites for hydroxylation is 1. The van der Waals surface area contributed by atoms with Gasteiger partial charge < -0.3 is 19.5 Å². The highest BCUT2D eigenvalue weighted by atomic mass is 16.5. The summed E-state index contributed by atoms with van der Waals surface area (Å²) in [5, 5.41) is 9.61. The summed E-state index contributed by atoms with van der Waals surface area (Å²) in [6.07, 6.45) is 2.94. The van der Waals surface area contributed by atoms with Crippen molar-refractivity contribution in [3.63, 3.8) is 0 Å². The number of amides is 1. The Bertz CT molecular complexity index is 803. The maximum Gasteiger partial charge on any atom is 0.226 e. The van der Waals surface area contributed by atoms with E-state index in [-0.39, 0.29) is 11.9 Å². The normalized spacial score (nSPS) is 15.9. The molecule has 26 heavy (non-hydrogen) atoms. The summed E-state index contributed by atoms with van der Waals surface area (Å²) in [6.45, 7) is 0. The largest absolute Gasteiger partial charge is 0.508 e. The summed E-state index contributed by atoms with van der Waals surface area (Å²) < 4.78 is 10.6. The molecule has 0 radical (unpaired) electrons. The zero-order valence-electron chi connectivity index (χ0n) is 15.5. The number of methoxy groups -OCH3 is 2. The zero-order chi connectivity index (χ0) is 18.7. The molecule has 1 amide bonds. The first kappa shape index (κ1) is 18.1. The molecule has 1 atom stereocenters. The number of hydrogen-bond acceptors (Lipinski definition) is 4. The summed E-state index contributed by atoms with van der Waals surface area (Å²) >= 11 is 0. The number of carbonyl (C=O) groups excluding carboxylic acids is 1. The van der Waals surface area contributed by atoms with Crippen LogP contribution in [0.15, 0.2) is 36.4 Å². The molecular weight excluding hydrogens is 330 g/mol. The lowest BCUT2D eigenvalue weighted by Gasteiger charge is -2.32. The molecule has 5 heteroatoms. The van der Waals surface area contributed by atoms with Gasteiger partial charge in [-0.05, 0) is 60.2 Å². The van der Waals surface area contributed by atoms with Crippen LogP contribution in [0.1, 0.15) is 23.1 Å². The highest BCUT2D eigenvalue weighted by molar-refractivity contribution is 5.79. The molecule has 2 aromatic rings. The highest BCUT2D eigenvalue weighted by Crippen LogP contribution is 2.29. The van der Waals surface area contributed by atoms with Crippen molar-refractivity contribution < 1.29 is 19.4 Å². The molecule has 0 spiro atoms. The number of likely N-dealkylation sites (N-methyl/N-ethyl adjacent to an activating group) is 1. The van der Waals surface area contributed by atoms with Gasteiger partial charge in [0.05, 0.1) is 20.6 Å². The highest BCUT2D eigenvalue weighted by Gasteiger charge is 2.25. The number of rotatable bonds is 5. The van der Waals surface area contributed by atoms with Crippen molar-refractivity contribution in [2.75, 3.05) is 21.3 Å². The number of phenols is 1. The second kappa shape index (κ2) is 7.68. The van der Waals surface area contributed by atoms with Gasteiger partial charge in [0.2, 0.25) is 5.91 Å². The van der Waals surface area contributed by atoms with E-state index < -0.39 is 0 Å². The van der Waals surface area contributed by atoms with Gasteiger partial charge in [0.15, 0.2) is 11.5 Å². The van der Waals surface area contributed by atoms with E-state index in [1.165, 1.54) is 11.1 Å². The molecule has 0 aromatic heterocycles. The number of benzene rings is 2. The fraction of sp³-hybridized carbons (Fsp3) is 0.381. The Labute approximate surface area is 154 Å². The minimum absolute atomic E-state index is 0.0875. The second-order valence-electron chi connectivity index (χ2n) is 6.72. The van der Waals surface area contributed by atoms with Gasteiger partial charge in [-0.1, -0.05) is 12.1 Å². The minimum Gasteiger partial charge on any atom is -0.508 e. The van der Waals surface area contributed by atoms with Crippen LogP contribution in [-0.4, -0.2) is 43.2 Å². The average molecular weight is 355 g/mol. The lowest BCUT2D eigenvalue weighted by Crippen LogP contribution is -2.41. The number of hydrogen-bond donors (Lipinski definition) is 1. The smallest absolute Gasteiger partial charge is 0.226 e. The van der Waals surface area contributed by atoms with Crippen LogP contribution in [0.2, 0.25) is 0 Å². The maximum atomic E-state index is 12.7. The molecule has 0 saturated carbocycles. The summed E-state index contributed by atoms with van der Waals surface area (Å²) in [6, 6.07) is 11.3. The summed E-state index contributed by atoms with van der Waals surface area (Å²) in [5.74, 6) is 1.68. The fourth-order valence-corrected chi connectivity index (χ4v) is 3.55. The molecule has 138 valence electrons. The Hall–Kier alpha value is -2.69. The summed E-state index contributed by atoms with van der Waals surface area (Å²) in [7, 11) is 5.06. The topological polar surface area (TPSA) is 59.0 Å². The molecule has 1 aliphatic rings. The van der Waals surface area contributed by atoms with Crippen LogP contribution in [0.3, 0.4) is 0 Å². The van der Waals surface area contributed by atoms with E-state index in [0.717, 1.165) is 24.8 Å². The van der Waals surface area contributed by atoms with Gasteiger partial charge in [-0.3, -0.25) is 4.79 Å². The fourth-order valence-electron chi connectivity index (χ4n) is 3.55. The number of fused-ring (bicyclic) bond motifs is 1. The Kier molecular flexibility index (Phi) is 5.35. The molecule has 2 aromatic carbocycles. The second-order valence-corrected chi connectivity index (χ2v) is 6.72. The molecule has 0 saturated heterocycles. The van der Waals surface area contributed by atoms with E-state index in [0.29, 0.717) is 23.7 Å². The molecule has 1 N–H and O–H groups in total. The van der Waals surface area contributed by atoms with Gasteiger partial charge in [-0.25, -0.2) is 0 Å². The number of carbonyl (C=O) groups is 1. The third kappa shape index (κ3) is 3.77. The monoisotopic (exact) mass is 355 g/mol. The standard InChI is InChI=1S/C21H25NO4/c1-22(17-7-5-16-13-18(23)8-6-15(16)12-17)21(24)11-14-4-9-19(25-2)20(10-14)26-3/h4,6,8-10,13,17,23H,5,7,11-12H2,1-3H3. The van der Waals surface area contributed by atoms with Crippen LogP contribution in [-0.2, 0) is 24.1 Å². The van der Waals surface area contributed by atoms with Gasteiger partial charge in [0.1, 0.15) is 5.75 Å². The van der Waals surface area contributed by atoms with Gasteiger partial charge in [0.25, 0.3) is 0 Å². The molecule has 0 bridgehead atoms. The molecule has 5 nitrogen and oxygen atoms in total. The van der Waals surface area contributed by atoms with Gasteiger partial charge >= 0.3 is 0 Å². The Morgan fingerprint density at radius 1 is 1.12 bits per heavy atom. The molecular formula is C21H25NO4. The summed E-state index contributed by atoms with van der Waals surface area (Å²) in [5.41, 5.74) is 3.30. The SMILES string of the molecule is COc1ccc(CC(=O)N(C)C2CCc3cc(O)ccc3C2)cc1OC. The molecule has 1 unspecified atom stereocenters. The molecule has 0 aliphatic heterocycles. The Balaban J connectivity index is 1.68. The third-order valence-electron chi connectivity index (χ3n) is 5.14. The first-order valence-corrected chi connectivity index (χ1v) is 8.79. The van der Waals surface area contributed by atoms with Crippen LogP contribution < -0.4 is 9.47 Å². The molecule has 0 fully saturated rings. The quantitative estimate of drug-likeness (QED) is 0.896. The van der Waals surface area contributed by atoms with Crippen LogP contribution in [0.25, 0.3) is 0 Å². The lowest BCUT2D eigenvalue weighted by molar-refractivity contribution is -0.131. The number of nitrogens with zero attached hydrogens (tertiary/aromatic N) is 1. The van der Waals surface area contributed by atoms with Crippen LogP contribution in [0.5, 0.6) is 17.2 Å². The predicted molar refractivity (Wildman–Crippen MR) is 99.9 cm³/mol. The average Bonchev–Trinajstić information content (AvgIpc) is 2.66. The van der Waals surface area contributed by atoms with E-state index in [4.69, 9.17) is 9.47 Å². The van der Waals surface area contributed by atoms with Crippen LogP contribution in [0, 0.1) is 0 Å². The van der Waals surface area contributed by atoms with E-state index >= 15 is 0 Å². The van der Waals surface area contributed by atoms with E-state index in [2.05, 4.69) is 0 Å². The van der Waals surface area contributed by atoms with Crippen molar-refractivity contribution in [1.29, 1.82) is 0 Å². The maximum absolute atomic E-state index is 12.7. The van der Waals surface area contributed by atoms with Crippen molar-refractivity contribution in [2.45, 2.75) is 31.7 Å². The van der Waals surface area contributed by atoms with Crippen LogP contribution >= 0.6 is 0 Å². The molecule has 3 rings (SSSR count). The number of ether oxygens (including phenoxy) is 2. The number of phenolic OH excluding ortho intramolecular Hbond substituents is 1. The molecule has 1 aliphatic carbocycles. The van der Waals surface area contributed by atoms with Crippen molar-refractivity contribution in [3.8, 4) is 17.2 Å². The van der Waals surface area contributed by atoms with Crippen molar-refractivity contribution in [2.24, 2.45) is 0 Å². The van der Waals surface area contributed by atoms with Crippen LogP contribution in [0.4, 0.5) is 0 Å².